The second kappa shape index (κ2) is 5.61. The van der Waals surface area contributed by atoms with Crippen LogP contribution in [0.5, 0.6) is 0 Å². The third-order valence-electron chi connectivity index (χ3n) is 5.24. The molecule has 19 heavy (non-hydrogen) atoms. The molecule has 2 heterocycles. The zero-order valence-corrected chi connectivity index (χ0v) is 13.0. The van der Waals surface area contributed by atoms with E-state index in [0.717, 1.165) is 57.3 Å². The Kier molecular flexibility index (Phi) is 4.46. The van der Waals surface area contributed by atoms with Crippen molar-refractivity contribution in [2.45, 2.75) is 39.5 Å². The minimum absolute atomic E-state index is 0. The van der Waals surface area contributed by atoms with Gasteiger partial charge in [-0.15, -0.1) is 12.4 Å². The average Bonchev–Trinajstić information content (AvgIpc) is 2.81. The summed E-state index contributed by atoms with van der Waals surface area (Å²) >= 11 is 0. The number of amides is 1. The molecule has 0 aromatic rings. The van der Waals surface area contributed by atoms with Crippen molar-refractivity contribution >= 4 is 18.3 Å². The zero-order chi connectivity index (χ0) is 12.8. The Labute approximate surface area is 122 Å². The first-order chi connectivity index (χ1) is 8.61. The molecule has 0 unspecified atom stereocenters. The van der Waals surface area contributed by atoms with E-state index in [4.69, 9.17) is 0 Å². The van der Waals surface area contributed by atoms with Gasteiger partial charge in [-0.1, -0.05) is 20.3 Å². The van der Waals surface area contributed by atoms with E-state index in [1.54, 1.807) is 0 Å². The summed E-state index contributed by atoms with van der Waals surface area (Å²) in [6.07, 6.45) is 4.61. The number of nitrogens with one attached hydrogen (secondary N) is 1. The molecule has 0 aromatic heterocycles. The van der Waals surface area contributed by atoms with Crippen molar-refractivity contribution in [1.29, 1.82) is 0 Å². The predicted molar refractivity (Wildman–Crippen MR) is 79.4 cm³/mol. The lowest BCUT2D eigenvalue weighted by molar-refractivity contribution is -0.148. The van der Waals surface area contributed by atoms with E-state index in [2.05, 4.69) is 24.1 Å². The van der Waals surface area contributed by atoms with Crippen LogP contribution in [0.2, 0.25) is 0 Å². The molecule has 2 aliphatic heterocycles. The minimum Gasteiger partial charge on any atom is -0.342 e. The van der Waals surface area contributed by atoms with Gasteiger partial charge < -0.3 is 10.2 Å². The third-order valence-corrected chi connectivity index (χ3v) is 5.24. The molecule has 3 nitrogen and oxygen atoms in total. The van der Waals surface area contributed by atoms with Crippen molar-refractivity contribution < 1.29 is 4.79 Å². The van der Waals surface area contributed by atoms with Crippen LogP contribution in [-0.2, 0) is 4.79 Å². The molecule has 1 saturated carbocycles. The lowest BCUT2D eigenvalue weighted by atomic mass is 9.63. The fourth-order valence-electron chi connectivity index (χ4n) is 4.25. The maximum absolute atomic E-state index is 12.8. The van der Waals surface area contributed by atoms with E-state index >= 15 is 0 Å². The quantitative estimate of drug-likeness (QED) is 0.863. The van der Waals surface area contributed by atoms with Crippen LogP contribution in [0.3, 0.4) is 0 Å². The Balaban J connectivity index is 0.00000133. The lowest BCUT2D eigenvalue weighted by Gasteiger charge is -2.44. The van der Waals surface area contributed by atoms with Gasteiger partial charge in [-0.25, -0.2) is 0 Å². The molecule has 1 N–H and O–H groups in total. The Bertz CT molecular complexity index is 329. The highest BCUT2D eigenvalue weighted by atomic mass is 35.5. The average molecular weight is 287 g/mol. The normalized spacial score (nSPS) is 31.8. The summed E-state index contributed by atoms with van der Waals surface area (Å²) in [6.45, 7) is 8.75. The number of rotatable bonds is 3. The van der Waals surface area contributed by atoms with E-state index in [1.165, 1.54) is 6.42 Å². The van der Waals surface area contributed by atoms with Crippen molar-refractivity contribution in [2.75, 3.05) is 26.2 Å². The van der Waals surface area contributed by atoms with Crippen LogP contribution < -0.4 is 5.32 Å². The number of carbonyl (C=O) groups excluding carboxylic acids is 1. The summed E-state index contributed by atoms with van der Waals surface area (Å²) in [5.74, 6) is 2.57. The maximum atomic E-state index is 12.8. The molecule has 3 aliphatic rings. The highest BCUT2D eigenvalue weighted by Gasteiger charge is 2.49. The summed E-state index contributed by atoms with van der Waals surface area (Å²) < 4.78 is 0. The van der Waals surface area contributed by atoms with Gasteiger partial charge in [0.05, 0.1) is 0 Å². The van der Waals surface area contributed by atoms with E-state index in [1.807, 2.05) is 0 Å². The molecule has 1 aliphatic carbocycles. The largest absolute Gasteiger partial charge is 0.342 e. The standard InChI is InChI=1S/C15H26N2O.ClH/c1-11(2)6-15(4-3-5-15)14(18)17-9-12-7-16-8-13(12)10-17;/h11-13,16H,3-10H2,1-2H3;1H/t12-,13+;. The number of nitrogens with zero attached hydrogens (tertiary/aromatic N) is 1. The lowest BCUT2D eigenvalue weighted by Crippen LogP contribution is -2.48. The molecule has 0 aromatic carbocycles. The topological polar surface area (TPSA) is 32.3 Å². The molecule has 110 valence electrons. The fraction of sp³-hybridized carbons (Fsp3) is 0.933. The Morgan fingerprint density at radius 1 is 1.26 bits per heavy atom. The number of likely N-dealkylation sites (tertiary alicyclic amines) is 1. The van der Waals surface area contributed by atoms with Crippen LogP contribution in [-0.4, -0.2) is 37.0 Å². The highest BCUT2D eigenvalue weighted by Crippen LogP contribution is 2.48. The van der Waals surface area contributed by atoms with E-state index in [0.29, 0.717) is 11.8 Å². The molecule has 3 rings (SSSR count). The monoisotopic (exact) mass is 286 g/mol. The fourth-order valence-corrected chi connectivity index (χ4v) is 4.25. The number of carbonyl (C=O) groups is 1. The van der Waals surface area contributed by atoms with Gasteiger partial charge in [-0.05, 0) is 37.0 Å². The Morgan fingerprint density at radius 3 is 2.26 bits per heavy atom. The second-order valence-corrected chi connectivity index (χ2v) is 7.12. The summed E-state index contributed by atoms with van der Waals surface area (Å²) in [6, 6.07) is 0. The second-order valence-electron chi connectivity index (χ2n) is 7.12. The summed E-state index contributed by atoms with van der Waals surface area (Å²) in [4.78, 5) is 15.0. The molecular weight excluding hydrogens is 260 g/mol. The van der Waals surface area contributed by atoms with Crippen molar-refractivity contribution in [3.8, 4) is 0 Å². The number of fused-ring (bicyclic) bond motifs is 1. The summed E-state index contributed by atoms with van der Waals surface area (Å²) in [7, 11) is 0. The molecular formula is C15H27ClN2O. The first-order valence-corrected chi connectivity index (χ1v) is 7.61. The van der Waals surface area contributed by atoms with Crippen molar-refractivity contribution in [3.05, 3.63) is 0 Å². The van der Waals surface area contributed by atoms with Crippen LogP contribution in [0.15, 0.2) is 0 Å². The van der Waals surface area contributed by atoms with Crippen LogP contribution in [0.1, 0.15) is 39.5 Å². The van der Waals surface area contributed by atoms with Crippen LogP contribution in [0, 0.1) is 23.2 Å². The van der Waals surface area contributed by atoms with Gasteiger partial charge in [-0.2, -0.15) is 0 Å². The molecule has 4 heteroatoms. The van der Waals surface area contributed by atoms with Gasteiger partial charge >= 0.3 is 0 Å². The van der Waals surface area contributed by atoms with Crippen molar-refractivity contribution in [3.63, 3.8) is 0 Å². The number of hydrogen-bond donors (Lipinski definition) is 1. The third kappa shape index (κ3) is 2.64. The number of halogens is 1. The molecule has 2 saturated heterocycles. The van der Waals surface area contributed by atoms with E-state index in [-0.39, 0.29) is 17.8 Å². The molecule has 1 amide bonds. The zero-order valence-electron chi connectivity index (χ0n) is 12.2. The predicted octanol–water partition coefficient (Wildman–Crippen LogP) is 2.30. The van der Waals surface area contributed by atoms with Gasteiger partial charge in [-0.3, -0.25) is 4.79 Å². The molecule has 0 radical (unpaired) electrons. The van der Waals surface area contributed by atoms with Gasteiger partial charge in [0.15, 0.2) is 0 Å². The van der Waals surface area contributed by atoms with Crippen LogP contribution in [0.4, 0.5) is 0 Å². The van der Waals surface area contributed by atoms with Gasteiger partial charge in [0, 0.05) is 31.6 Å². The van der Waals surface area contributed by atoms with Crippen LogP contribution >= 0.6 is 12.4 Å². The van der Waals surface area contributed by atoms with Gasteiger partial charge in [0.2, 0.25) is 5.91 Å². The van der Waals surface area contributed by atoms with Gasteiger partial charge in [0.1, 0.15) is 0 Å². The molecule has 3 fully saturated rings. The molecule has 0 spiro atoms. The Morgan fingerprint density at radius 2 is 1.84 bits per heavy atom. The minimum atomic E-state index is 0. The van der Waals surface area contributed by atoms with E-state index < -0.39 is 0 Å². The van der Waals surface area contributed by atoms with Crippen molar-refractivity contribution in [2.24, 2.45) is 23.2 Å². The summed E-state index contributed by atoms with van der Waals surface area (Å²) in [5.41, 5.74) is 0.0280. The first-order valence-electron chi connectivity index (χ1n) is 7.61. The molecule has 0 bridgehead atoms. The molecule has 2 atom stereocenters. The maximum Gasteiger partial charge on any atom is 0.228 e. The van der Waals surface area contributed by atoms with E-state index in [9.17, 15) is 4.79 Å². The van der Waals surface area contributed by atoms with Crippen molar-refractivity contribution in [1.82, 2.24) is 10.2 Å². The number of hydrogen-bond acceptors (Lipinski definition) is 2. The highest BCUT2D eigenvalue weighted by molar-refractivity contribution is 5.85. The summed E-state index contributed by atoms with van der Waals surface area (Å²) in [5, 5.41) is 3.44. The Hall–Kier alpha value is -0.280. The van der Waals surface area contributed by atoms with Crippen LogP contribution in [0.25, 0.3) is 0 Å². The van der Waals surface area contributed by atoms with Gasteiger partial charge in [0.25, 0.3) is 0 Å². The SMILES string of the molecule is CC(C)CC1(C(=O)N2C[C@H]3CNC[C@H]3C2)CCC1.Cl. The smallest absolute Gasteiger partial charge is 0.228 e. The first kappa shape index (κ1) is 15.1.